The topological polar surface area (TPSA) is 101 Å². The Kier molecular flexibility index (Phi) is 5.47. The minimum Gasteiger partial charge on any atom is -0.508 e. The second-order valence-corrected chi connectivity index (χ2v) is 7.36. The number of aromatic hydroxyl groups is 2. The third-order valence-electron chi connectivity index (χ3n) is 3.80. The van der Waals surface area contributed by atoms with Gasteiger partial charge in [-0.25, -0.2) is 0 Å². The summed E-state index contributed by atoms with van der Waals surface area (Å²) < 4.78 is 29.5. The number of hydrogen-bond acceptors (Lipinski definition) is 6. The summed E-state index contributed by atoms with van der Waals surface area (Å²) in [5.74, 6) is -0.412. The van der Waals surface area contributed by atoms with Gasteiger partial charge in [-0.1, -0.05) is 24.3 Å². The predicted octanol–water partition coefficient (Wildman–Crippen LogP) is 3.76. The molecular formula is C21H16O6S. The Morgan fingerprint density at radius 3 is 2.29 bits per heavy atom. The number of allylic oxidation sites excluding steroid dienone is 1. The first kappa shape index (κ1) is 19.2. The predicted molar refractivity (Wildman–Crippen MR) is 104 cm³/mol. The van der Waals surface area contributed by atoms with Crippen molar-refractivity contribution in [1.82, 2.24) is 0 Å². The van der Waals surface area contributed by atoms with Crippen LogP contribution in [0.1, 0.15) is 15.9 Å². The van der Waals surface area contributed by atoms with Crippen molar-refractivity contribution in [2.24, 2.45) is 0 Å². The summed E-state index contributed by atoms with van der Waals surface area (Å²) in [7, 11) is -4.11. The summed E-state index contributed by atoms with van der Waals surface area (Å²) in [5.41, 5.74) is 0.835. The van der Waals surface area contributed by atoms with Crippen LogP contribution in [-0.4, -0.2) is 24.4 Å². The zero-order chi connectivity index (χ0) is 20.1. The van der Waals surface area contributed by atoms with Crippen LogP contribution in [0.2, 0.25) is 0 Å². The molecule has 0 fully saturated rings. The third-order valence-corrected chi connectivity index (χ3v) is 5.05. The van der Waals surface area contributed by atoms with Crippen LogP contribution in [0.4, 0.5) is 0 Å². The van der Waals surface area contributed by atoms with Crippen molar-refractivity contribution in [3.05, 3.63) is 90.0 Å². The molecule has 6 nitrogen and oxygen atoms in total. The number of phenols is 2. The van der Waals surface area contributed by atoms with Crippen LogP contribution in [-0.2, 0) is 10.1 Å². The fourth-order valence-electron chi connectivity index (χ4n) is 2.38. The van der Waals surface area contributed by atoms with Crippen molar-refractivity contribution >= 4 is 22.0 Å². The number of carbonyl (C=O) groups excluding carboxylic acids is 1. The first-order chi connectivity index (χ1) is 13.3. The van der Waals surface area contributed by atoms with E-state index < -0.39 is 10.1 Å². The maximum absolute atomic E-state index is 12.2. The zero-order valence-electron chi connectivity index (χ0n) is 14.5. The van der Waals surface area contributed by atoms with E-state index in [1.165, 1.54) is 60.7 Å². The Hall–Kier alpha value is -3.58. The molecule has 0 saturated heterocycles. The minimum absolute atomic E-state index is 0.0320. The van der Waals surface area contributed by atoms with Crippen molar-refractivity contribution in [3.8, 4) is 17.2 Å². The molecule has 7 heteroatoms. The molecule has 0 aliphatic carbocycles. The second-order valence-electron chi connectivity index (χ2n) is 5.82. The average Bonchev–Trinajstić information content (AvgIpc) is 2.67. The van der Waals surface area contributed by atoms with Crippen LogP contribution >= 0.6 is 0 Å². The summed E-state index contributed by atoms with van der Waals surface area (Å²) in [6.45, 7) is 0. The zero-order valence-corrected chi connectivity index (χ0v) is 15.3. The molecule has 0 amide bonds. The third kappa shape index (κ3) is 4.57. The van der Waals surface area contributed by atoms with Crippen molar-refractivity contribution < 1.29 is 27.6 Å². The monoisotopic (exact) mass is 396 g/mol. The summed E-state index contributed by atoms with van der Waals surface area (Å²) >= 11 is 0. The first-order valence-corrected chi connectivity index (χ1v) is 9.60. The number of para-hydroxylation sites is 1. The maximum Gasteiger partial charge on any atom is 0.339 e. The quantitative estimate of drug-likeness (QED) is 0.374. The Bertz CT molecular complexity index is 1130. The molecule has 0 aliphatic rings. The van der Waals surface area contributed by atoms with Gasteiger partial charge in [0.25, 0.3) is 0 Å². The van der Waals surface area contributed by atoms with Crippen LogP contribution in [0.3, 0.4) is 0 Å². The van der Waals surface area contributed by atoms with E-state index in [1.54, 1.807) is 18.2 Å². The highest BCUT2D eigenvalue weighted by Crippen LogP contribution is 2.22. The molecule has 142 valence electrons. The van der Waals surface area contributed by atoms with Gasteiger partial charge in [-0.15, -0.1) is 0 Å². The van der Waals surface area contributed by atoms with E-state index in [0.29, 0.717) is 11.1 Å². The molecule has 0 aromatic heterocycles. The molecule has 0 atom stereocenters. The molecule has 0 unspecified atom stereocenters. The van der Waals surface area contributed by atoms with Gasteiger partial charge in [-0.05, 0) is 54.6 Å². The standard InChI is InChI=1S/C21H16O6S/c22-17-5-3-6-19(14-17)28(25,26)27-18-11-8-16(9-12-18)21(24)13-10-15-4-1-2-7-20(15)23/h1-14,22-23H. The molecule has 3 aromatic carbocycles. The van der Waals surface area contributed by atoms with Gasteiger partial charge in [-0.3, -0.25) is 4.79 Å². The van der Waals surface area contributed by atoms with Crippen molar-refractivity contribution in [2.75, 3.05) is 0 Å². The Balaban J connectivity index is 1.73. The molecular weight excluding hydrogens is 380 g/mol. The number of hydrogen-bond donors (Lipinski definition) is 2. The van der Waals surface area contributed by atoms with Gasteiger partial charge >= 0.3 is 10.1 Å². The summed E-state index contributed by atoms with van der Waals surface area (Å²) in [6, 6.07) is 17.3. The van der Waals surface area contributed by atoms with Gasteiger partial charge < -0.3 is 14.4 Å². The van der Waals surface area contributed by atoms with Crippen LogP contribution in [0.15, 0.2) is 83.8 Å². The van der Waals surface area contributed by atoms with E-state index in [1.807, 2.05) is 0 Å². The lowest BCUT2D eigenvalue weighted by Gasteiger charge is -2.07. The van der Waals surface area contributed by atoms with E-state index >= 15 is 0 Å². The molecule has 0 heterocycles. The van der Waals surface area contributed by atoms with E-state index in [9.17, 15) is 23.4 Å². The molecule has 3 aromatic rings. The number of carbonyl (C=O) groups is 1. The van der Waals surface area contributed by atoms with E-state index in [-0.39, 0.29) is 27.9 Å². The molecule has 0 spiro atoms. The van der Waals surface area contributed by atoms with Gasteiger partial charge in [0.05, 0.1) is 0 Å². The maximum atomic E-state index is 12.2. The molecule has 0 saturated carbocycles. The van der Waals surface area contributed by atoms with Crippen LogP contribution in [0.5, 0.6) is 17.2 Å². The average molecular weight is 396 g/mol. The molecule has 3 rings (SSSR count). The molecule has 0 radical (unpaired) electrons. The lowest BCUT2D eigenvalue weighted by molar-refractivity contribution is 0.104. The van der Waals surface area contributed by atoms with E-state index in [2.05, 4.69) is 0 Å². The second kappa shape index (κ2) is 7.98. The number of rotatable bonds is 6. The largest absolute Gasteiger partial charge is 0.508 e. The van der Waals surface area contributed by atoms with Crippen LogP contribution in [0.25, 0.3) is 6.08 Å². The Morgan fingerprint density at radius 1 is 0.893 bits per heavy atom. The highest BCUT2D eigenvalue weighted by molar-refractivity contribution is 7.87. The Morgan fingerprint density at radius 2 is 1.61 bits per heavy atom. The Labute approximate surface area is 162 Å². The van der Waals surface area contributed by atoms with E-state index in [0.717, 1.165) is 6.07 Å². The normalized spacial score (nSPS) is 11.4. The molecule has 2 N–H and O–H groups in total. The SMILES string of the molecule is O=C(C=Cc1ccccc1O)c1ccc(OS(=O)(=O)c2cccc(O)c2)cc1. The van der Waals surface area contributed by atoms with Gasteiger partial charge in [0.2, 0.25) is 0 Å². The van der Waals surface area contributed by atoms with Crippen LogP contribution < -0.4 is 4.18 Å². The highest BCUT2D eigenvalue weighted by Gasteiger charge is 2.17. The smallest absolute Gasteiger partial charge is 0.339 e. The summed E-state index contributed by atoms with van der Waals surface area (Å²) in [5, 5.41) is 19.1. The lowest BCUT2D eigenvalue weighted by atomic mass is 10.1. The van der Waals surface area contributed by atoms with Gasteiger partial charge in [-0.2, -0.15) is 8.42 Å². The fourth-order valence-corrected chi connectivity index (χ4v) is 3.35. The number of benzene rings is 3. The van der Waals surface area contributed by atoms with Crippen molar-refractivity contribution in [1.29, 1.82) is 0 Å². The summed E-state index contributed by atoms with van der Waals surface area (Å²) in [6.07, 6.45) is 2.81. The van der Waals surface area contributed by atoms with Crippen molar-refractivity contribution in [3.63, 3.8) is 0 Å². The van der Waals surface area contributed by atoms with Crippen molar-refractivity contribution in [2.45, 2.75) is 4.90 Å². The molecule has 0 bridgehead atoms. The van der Waals surface area contributed by atoms with Gasteiger partial charge in [0.15, 0.2) is 5.78 Å². The van der Waals surface area contributed by atoms with Crippen LogP contribution in [0, 0.1) is 0 Å². The summed E-state index contributed by atoms with van der Waals surface area (Å²) in [4.78, 5) is 12.0. The first-order valence-electron chi connectivity index (χ1n) is 8.19. The molecule has 28 heavy (non-hydrogen) atoms. The molecule has 0 aliphatic heterocycles. The van der Waals surface area contributed by atoms with Gasteiger partial charge in [0, 0.05) is 17.2 Å². The van der Waals surface area contributed by atoms with Gasteiger partial charge in [0.1, 0.15) is 22.1 Å². The lowest BCUT2D eigenvalue weighted by Crippen LogP contribution is -2.09. The number of phenolic OH excluding ortho intramolecular Hbond substituents is 2. The fraction of sp³-hybridized carbons (Fsp3) is 0. The van der Waals surface area contributed by atoms with E-state index in [4.69, 9.17) is 4.18 Å². The minimum atomic E-state index is -4.11. The highest BCUT2D eigenvalue weighted by atomic mass is 32.2. The number of ketones is 1.